The summed E-state index contributed by atoms with van der Waals surface area (Å²) in [6.45, 7) is 0. The minimum atomic E-state index is -0.585. The Morgan fingerprint density at radius 3 is 2.45 bits per heavy atom. The second-order valence-electron chi connectivity index (χ2n) is 7.99. The number of nitrogens with one attached hydrogen (secondary N) is 1. The molecule has 5 nitrogen and oxygen atoms in total. The van der Waals surface area contributed by atoms with Crippen molar-refractivity contribution >= 4 is 11.6 Å². The monoisotopic (exact) mass is 425 g/mol. The molecule has 2 aromatic carbocycles. The molecule has 1 saturated carbocycles. The topological polar surface area (TPSA) is 80.3 Å². The predicted molar refractivity (Wildman–Crippen MR) is 115 cm³/mol. The highest BCUT2D eigenvalue weighted by Crippen LogP contribution is 2.27. The fraction of sp³-hybridized carbons (Fsp3) is 0.292. The fourth-order valence-corrected chi connectivity index (χ4v) is 4.15. The number of carbonyl (C=O) groups excluding carboxylic acids is 1. The lowest BCUT2D eigenvalue weighted by atomic mass is 9.92. The van der Waals surface area contributed by atoms with Gasteiger partial charge in [0.05, 0.1) is 11.7 Å². The molecule has 4 rings (SSSR count). The third kappa shape index (κ3) is 4.61. The highest BCUT2D eigenvalue weighted by Gasteiger charge is 2.21. The quantitative estimate of drug-likeness (QED) is 0.555. The first-order valence-corrected chi connectivity index (χ1v) is 10.4. The van der Waals surface area contributed by atoms with Crippen LogP contribution in [0, 0.1) is 11.6 Å². The van der Waals surface area contributed by atoms with E-state index in [1.165, 1.54) is 18.2 Å². The number of rotatable bonds is 6. The molecule has 1 amide bonds. The van der Waals surface area contributed by atoms with Crippen LogP contribution in [0.3, 0.4) is 0 Å². The van der Waals surface area contributed by atoms with Gasteiger partial charge in [-0.3, -0.25) is 4.79 Å². The average molecular weight is 425 g/mol. The number of aliphatic hydroxyl groups excluding tert-OH is 1. The van der Waals surface area contributed by atoms with Crippen molar-refractivity contribution < 1.29 is 18.7 Å². The van der Waals surface area contributed by atoms with Crippen LogP contribution in [0.1, 0.15) is 47.3 Å². The van der Waals surface area contributed by atoms with Crippen molar-refractivity contribution in [1.29, 1.82) is 0 Å². The molecular weight excluding hydrogens is 400 g/mol. The van der Waals surface area contributed by atoms with E-state index in [-0.39, 0.29) is 24.1 Å². The average Bonchev–Trinajstić information content (AvgIpc) is 3.20. The van der Waals surface area contributed by atoms with E-state index >= 15 is 0 Å². The van der Waals surface area contributed by atoms with E-state index in [4.69, 9.17) is 5.73 Å². The Labute approximate surface area is 179 Å². The molecule has 1 aromatic heterocycles. The molecule has 0 spiro atoms. The zero-order valence-corrected chi connectivity index (χ0v) is 17.0. The summed E-state index contributed by atoms with van der Waals surface area (Å²) in [5.41, 5.74) is 8.03. The van der Waals surface area contributed by atoms with Crippen LogP contribution in [0.25, 0.3) is 5.69 Å². The third-order valence-corrected chi connectivity index (χ3v) is 5.86. The third-order valence-electron chi connectivity index (χ3n) is 5.86. The number of nitrogens with two attached hydrogens (primary N) is 1. The highest BCUT2D eigenvalue weighted by atomic mass is 19.1. The van der Waals surface area contributed by atoms with E-state index in [2.05, 4.69) is 5.32 Å². The first-order valence-electron chi connectivity index (χ1n) is 10.4. The summed E-state index contributed by atoms with van der Waals surface area (Å²) < 4.78 is 30.1. The van der Waals surface area contributed by atoms with Gasteiger partial charge in [0, 0.05) is 41.3 Å². The highest BCUT2D eigenvalue weighted by molar-refractivity contribution is 5.99. The second kappa shape index (κ2) is 8.89. The summed E-state index contributed by atoms with van der Waals surface area (Å²) in [4.78, 5) is 11.9. The molecule has 1 aliphatic rings. The molecule has 0 saturated heterocycles. The molecule has 0 aliphatic heterocycles. The number of hydrogen-bond donors (Lipinski definition) is 3. The van der Waals surface area contributed by atoms with Crippen LogP contribution in [0.15, 0.2) is 54.7 Å². The Morgan fingerprint density at radius 1 is 1.06 bits per heavy atom. The van der Waals surface area contributed by atoms with E-state index in [9.17, 15) is 18.7 Å². The zero-order valence-electron chi connectivity index (χ0n) is 17.0. The Bertz CT molecular complexity index is 1070. The Balaban J connectivity index is 1.65. The molecule has 3 aromatic rings. The Morgan fingerprint density at radius 2 is 1.77 bits per heavy atom. The predicted octanol–water partition coefficient (Wildman–Crippen LogP) is 4.16. The summed E-state index contributed by atoms with van der Waals surface area (Å²) in [5.74, 6) is -1.71. The number of hydrogen-bond acceptors (Lipinski definition) is 3. The minimum Gasteiger partial charge on any atom is -0.393 e. The standard InChI is InChI=1S/C24H25F2N3O2/c25-21-4-1-5-22(26)20(21)13-16-3-2-12-29(16)17-8-11-19(24(27)31)23(14-17)28-15-6-9-18(30)10-7-15/h1-5,8,11-12,14-15,18,28,30H,6-7,9-10,13H2,(H2,27,31). The van der Waals surface area contributed by atoms with Gasteiger partial charge in [-0.15, -0.1) is 0 Å². The van der Waals surface area contributed by atoms with Crippen molar-refractivity contribution in [3.05, 3.63) is 83.2 Å². The number of primary amides is 1. The lowest BCUT2D eigenvalue weighted by Crippen LogP contribution is -2.29. The molecule has 0 atom stereocenters. The van der Waals surface area contributed by atoms with Gasteiger partial charge in [0.15, 0.2) is 0 Å². The van der Waals surface area contributed by atoms with E-state index in [1.54, 1.807) is 12.1 Å². The molecule has 0 radical (unpaired) electrons. The summed E-state index contributed by atoms with van der Waals surface area (Å²) in [6, 6.07) is 12.8. The van der Waals surface area contributed by atoms with Crippen molar-refractivity contribution in [3.8, 4) is 5.69 Å². The van der Waals surface area contributed by atoms with E-state index < -0.39 is 17.5 Å². The maximum absolute atomic E-state index is 14.1. The molecule has 1 heterocycles. The summed E-state index contributed by atoms with van der Waals surface area (Å²) in [7, 11) is 0. The molecule has 7 heteroatoms. The number of aromatic nitrogens is 1. The minimum absolute atomic E-state index is 0.00955. The molecule has 31 heavy (non-hydrogen) atoms. The maximum atomic E-state index is 14.1. The van der Waals surface area contributed by atoms with Gasteiger partial charge in [-0.25, -0.2) is 8.78 Å². The number of anilines is 1. The van der Waals surface area contributed by atoms with Crippen LogP contribution in [-0.2, 0) is 6.42 Å². The number of nitrogens with zero attached hydrogens (tertiary/aromatic N) is 1. The van der Waals surface area contributed by atoms with Gasteiger partial charge < -0.3 is 20.7 Å². The fourth-order valence-electron chi connectivity index (χ4n) is 4.15. The normalized spacial score (nSPS) is 18.7. The summed E-state index contributed by atoms with van der Waals surface area (Å²) in [6.07, 6.45) is 4.63. The Kier molecular flexibility index (Phi) is 6.04. The first kappa shape index (κ1) is 21.1. The van der Waals surface area contributed by atoms with Crippen LogP contribution in [0.2, 0.25) is 0 Å². The van der Waals surface area contributed by atoms with Crippen LogP contribution >= 0.6 is 0 Å². The Hall–Kier alpha value is -3.19. The molecule has 1 fully saturated rings. The lowest BCUT2D eigenvalue weighted by Gasteiger charge is -2.28. The van der Waals surface area contributed by atoms with Gasteiger partial charge in [0.25, 0.3) is 5.91 Å². The van der Waals surface area contributed by atoms with Gasteiger partial charge in [0.2, 0.25) is 0 Å². The largest absolute Gasteiger partial charge is 0.393 e. The van der Waals surface area contributed by atoms with E-state index in [1.807, 2.05) is 29.0 Å². The van der Waals surface area contributed by atoms with E-state index in [0.29, 0.717) is 29.8 Å². The number of halogens is 2. The first-order chi connectivity index (χ1) is 14.9. The van der Waals surface area contributed by atoms with Crippen LogP contribution in [0.5, 0.6) is 0 Å². The molecule has 0 bridgehead atoms. The molecule has 4 N–H and O–H groups in total. The van der Waals surface area contributed by atoms with Crippen molar-refractivity contribution in [3.63, 3.8) is 0 Å². The SMILES string of the molecule is NC(=O)c1ccc(-n2cccc2Cc2c(F)cccc2F)cc1NC1CCC(O)CC1. The second-order valence-corrected chi connectivity index (χ2v) is 7.99. The lowest BCUT2D eigenvalue weighted by molar-refractivity contribution is 0.100. The number of aliphatic hydroxyl groups is 1. The summed E-state index contributed by atoms with van der Waals surface area (Å²) in [5, 5.41) is 13.1. The molecular formula is C24H25F2N3O2. The van der Waals surface area contributed by atoms with Crippen molar-refractivity contribution in [2.75, 3.05) is 5.32 Å². The van der Waals surface area contributed by atoms with Gasteiger partial charge in [0.1, 0.15) is 11.6 Å². The number of benzene rings is 2. The van der Waals surface area contributed by atoms with Gasteiger partial charge in [-0.05, 0) is 68.1 Å². The van der Waals surface area contributed by atoms with Crippen LogP contribution < -0.4 is 11.1 Å². The number of carbonyl (C=O) groups is 1. The molecule has 162 valence electrons. The van der Waals surface area contributed by atoms with Gasteiger partial charge in [-0.1, -0.05) is 6.07 Å². The number of amides is 1. The van der Waals surface area contributed by atoms with Crippen LogP contribution in [-0.4, -0.2) is 27.7 Å². The molecule has 0 unspecified atom stereocenters. The smallest absolute Gasteiger partial charge is 0.250 e. The van der Waals surface area contributed by atoms with Crippen LogP contribution in [0.4, 0.5) is 14.5 Å². The van der Waals surface area contributed by atoms with Gasteiger partial charge >= 0.3 is 0 Å². The van der Waals surface area contributed by atoms with Crippen molar-refractivity contribution in [2.24, 2.45) is 5.73 Å². The van der Waals surface area contributed by atoms with E-state index in [0.717, 1.165) is 18.5 Å². The summed E-state index contributed by atoms with van der Waals surface area (Å²) >= 11 is 0. The van der Waals surface area contributed by atoms with Crippen molar-refractivity contribution in [1.82, 2.24) is 4.57 Å². The van der Waals surface area contributed by atoms with Gasteiger partial charge in [-0.2, -0.15) is 0 Å². The maximum Gasteiger partial charge on any atom is 0.250 e. The zero-order chi connectivity index (χ0) is 22.0. The van der Waals surface area contributed by atoms with Crippen molar-refractivity contribution in [2.45, 2.75) is 44.2 Å². The molecule has 1 aliphatic carbocycles.